The first-order valence-electron chi connectivity index (χ1n) is 9.47. The maximum absolute atomic E-state index is 13.2. The summed E-state index contributed by atoms with van der Waals surface area (Å²) in [6.45, 7) is 8.11. The molecule has 1 aromatic carbocycles. The van der Waals surface area contributed by atoms with Gasteiger partial charge in [-0.3, -0.25) is 4.79 Å². The van der Waals surface area contributed by atoms with Crippen molar-refractivity contribution in [2.45, 2.75) is 45.6 Å². The zero-order valence-corrected chi connectivity index (χ0v) is 16.6. The number of rotatable bonds is 3. The van der Waals surface area contributed by atoms with Gasteiger partial charge in [0.1, 0.15) is 5.69 Å². The second-order valence-corrected chi connectivity index (χ2v) is 8.18. The van der Waals surface area contributed by atoms with Gasteiger partial charge in [-0.2, -0.15) is 0 Å². The number of aliphatic hydroxyl groups is 1. The summed E-state index contributed by atoms with van der Waals surface area (Å²) in [4.78, 5) is 20.5. The maximum Gasteiger partial charge on any atom is 0.270 e. The van der Waals surface area contributed by atoms with E-state index in [2.05, 4.69) is 31.0 Å². The molecule has 1 saturated heterocycles. The van der Waals surface area contributed by atoms with Crippen LogP contribution in [-0.4, -0.2) is 65.1 Å². The molecular weight excluding hydrogens is 326 g/mol. The number of aromatic nitrogens is 1. The molecule has 3 rings (SSSR count). The van der Waals surface area contributed by atoms with Crippen molar-refractivity contribution in [3.8, 4) is 0 Å². The molecule has 2 aromatic rings. The normalized spacial score (nSPS) is 21.4. The number of hydrogen-bond acceptors (Lipinski definition) is 3. The predicted molar refractivity (Wildman–Crippen MR) is 106 cm³/mol. The molecule has 1 aliphatic heterocycles. The highest BCUT2D eigenvalue weighted by molar-refractivity contribution is 6.02. The Labute approximate surface area is 156 Å². The summed E-state index contributed by atoms with van der Waals surface area (Å²) in [5.74, 6) is 0.0478. The Balaban J connectivity index is 1.86. The molecule has 26 heavy (non-hydrogen) atoms. The van der Waals surface area contributed by atoms with E-state index in [0.29, 0.717) is 31.7 Å². The van der Waals surface area contributed by atoms with Crippen LogP contribution in [0, 0.1) is 20.8 Å². The third-order valence-electron chi connectivity index (χ3n) is 5.65. The number of likely N-dealkylation sites (N-methyl/N-ethyl adjacent to an activating group) is 1. The number of likely N-dealkylation sites (tertiary alicyclic amines) is 1. The molecule has 0 bridgehead atoms. The van der Waals surface area contributed by atoms with E-state index < -0.39 is 5.60 Å². The fourth-order valence-corrected chi connectivity index (χ4v) is 4.30. The number of hydrogen-bond donors (Lipinski definition) is 2. The Morgan fingerprint density at radius 3 is 2.54 bits per heavy atom. The zero-order chi connectivity index (χ0) is 19.1. The number of aryl methyl sites for hydroxylation is 3. The van der Waals surface area contributed by atoms with Gasteiger partial charge in [0.2, 0.25) is 0 Å². The largest absolute Gasteiger partial charge is 0.388 e. The first-order chi connectivity index (χ1) is 12.2. The molecule has 1 fully saturated rings. The average molecular weight is 357 g/mol. The molecule has 2 N–H and O–H groups in total. The first-order valence-corrected chi connectivity index (χ1v) is 9.47. The number of carbonyl (C=O) groups excluding carboxylic acids is 1. The Hall–Kier alpha value is -1.85. The highest BCUT2D eigenvalue weighted by Crippen LogP contribution is 2.29. The third kappa shape index (κ3) is 3.51. The summed E-state index contributed by atoms with van der Waals surface area (Å²) in [6.07, 6.45) is 2.18. The van der Waals surface area contributed by atoms with Gasteiger partial charge in [0.05, 0.1) is 5.60 Å². The van der Waals surface area contributed by atoms with Crippen molar-refractivity contribution < 1.29 is 9.90 Å². The lowest BCUT2D eigenvalue weighted by Crippen LogP contribution is -2.41. The molecule has 2 heterocycles. The van der Waals surface area contributed by atoms with E-state index in [1.807, 2.05) is 30.8 Å². The van der Waals surface area contributed by atoms with E-state index in [1.54, 1.807) is 0 Å². The molecule has 0 saturated carbocycles. The van der Waals surface area contributed by atoms with Crippen LogP contribution in [0.25, 0.3) is 10.9 Å². The number of H-pyrrole nitrogens is 1. The fraction of sp³-hybridized carbons (Fsp3) is 0.571. The van der Waals surface area contributed by atoms with Crippen molar-refractivity contribution in [1.29, 1.82) is 0 Å². The topological polar surface area (TPSA) is 59.6 Å². The van der Waals surface area contributed by atoms with Crippen molar-refractivity contribution in [3.63, 3.8) is 0 Å². The Morgan fingerprint density at radius 2 is 1.88 bits per heavy atom. The molecule has 1 aromatic heterocycles. The van der Waals surface area contributed by atoms with Crippen LogP contribution in [0.5, 0.6) is 0 Å². The highest BCUT2D eigenvalue weighted by Gasteiger charge is 2.33. The van der Waals surface area contributed by atoms with Gasteiger partial charge in [-0.15, -0.1) is 0 Å². The number of nitrogens with zero attached hydrogens (tertiary/aromatic N) is 2. The van der Waals surface area contributed by atoms with Crippen LogP contribution >= 0.6 is 0 Å². The molecule has 1 atom stereocenters. The monoisotopic (exact) mass is 357 g/mol. The predicted octanol–water partition coefficient (Wildman–Crippen LogP) is 3.01. The lowest BCUT2D eigenvalue weighted by atomic mass is 9.94. The van der Waals surface area contributed by atoms with Gasteiger partial charge < -0.3 is 19.9 Å². The molecule has 0 spiro atoms. The SMILES string of the molecule is Cc1ccc(C)c2c(C)c(C(=O)N3CCCC(O)(CN(C)C)CC3)[nH]c12. The van der Waals surface area contributed by atoms with E-state index in [4.69, 9.17) is 0 Å². The Kier molecular flexibility index (Phi) is 5.13. The van der Waals surface area contributed by atoms with Crippen LogP contribution in [-0.2, 0) is 0 Å². The van der Waals surface area contributed by atoms with Crippen LogP contribution in [0.15, 0.2) is 12.1 Å². The van der Waals surface area contributed by atoms with Crippen molar-refractivity contribution in [2.24, 2.45) is 0 Å². The molecule has 5 nitrogen and oxygen atoms in total. The van der Waals surface area contributed by atoms with Gasteiger partial charge in [0.15, 0.2) is 0 Å². The number of benzene rings is 1. The third-order valence-corrected chi connectivity index (χ3v) is 5.65. The summed E-state index contributed by atoms with van der Waals surface area (Å²) in [6, 6.07) is 4.20. The lowest BCUT2D eigenvalue weighted by molar-refractivity contribution is 0.00303. The molecule has 0 radical (unpaired) electrons. The van der Waals surface area contributed by atoms with Crippen molar-refractivity contribution >= 4 is 16.8 Å². The number of aromatic amines is 1. The van der Waals surface area contributed by atoms with Gasteiger partial charge in [0.25, 0.3) is 5.91 Å². The second-order valence-electron chi connectivity index (χ2n) is 8.18. The summed E-state index contributed by atoms with van der Waals surface area (Å²) in [5.41, 5.74) is 4.42. The van der Waals surface area contributed by atoms with Gasteiger partial charge in [0, 0.05) is 30.5 Å². The Bertz CT molecular complexity index is 824. The number of fused-ring (bicyclic) bond motifs is 1. The molecule has 5 heteroatoms. The van der Waals surface area contributed by atoms with E-state index in [9.17, 15) is 9.90 Å². The smallest absolute Gasteiger partial charge is 0.270 e. The minimum atomic E-state index is -0.707. The van der Waals surface area contributed by atoms with E-state index in [-0.39, 0.29) is 5.91 Å². The Morgan fingerprint density at radius 1 is 1.19 bits per heavy atom. The lowest BCUT2D eigenvalue weighted by Gasteiger charge is -2.29. The second kappa shape index (κ2) is 7.05. The van der Waals surface area contributed by atoms with Crippen LogP contribution < -0.4 is 0 Å². The number of nitrogens with one attached hydrogen (secondary N) is 1. The zero-order valence-electron chi connectivity index (χ0n) is 16.6. The summed E-state index contributed by atoms with van der Waals surface area (Å²) in [7, 11) is 3.95. The number of carbonyl (C=O) groups is 1. The minimum absolute atomic E-state index is 0.0478. The number of amides is 1. The van der Waals surface area contributed by atoms with Gasteiger partial charge in [-0.05, 0) is 70.8 Å². The van der Waals surface area contributed by atoms with Crippen molar-refractivity contribution in [3.05, 3.63) is 34.5 Å². The van der Waals surface area contributed by atoms with Crippen LogP contribution in [0.2, 0.25) is 0 Å². The van der Waals surface area contributed by atoms with Crippen molar-refractivity contribution in [2.75, 3.05) is 33.7 Å². The molecular formula is C21H31N3O2. The van der Waals surface area contributed by atoms with E-state index >= 15 is 0 Å². The summed E-state index contributed by atoms with van der Waals surface area (Å²) >= 11 is 0. The molecule has 1 unspecified atom stereocenters. The van der Waals surface area contributed by atoms with Crippen LogP contribution in [0.4, 0.5) is 0 Å². The maximum atomic E-state index is 13.2. The molecule has 1 aliphatic rings. The van der Waals surface area contributed by atoms with E-state index in [0.717, 1.165) is 34.9 Å². The van der Waals surface area contributed by atoms with Crippen LogP contribution in [0.1, 0.15) is 46.4 Å². The van der Waals surface area contributed by atoms with Crippen LogP contribution in [0.3, 0.4) is 0 Å². The summed E-state index contributed by atoms with van der Waals surface area (Å²) < 4.78 is 0. The molecule has 0 aliphatic carbocycles. The van der Waals surface area contributed by atoms with Gasteiger partial charge in [-0.25, -0.2) is 0 Å². The quantitative estimate of drug-likeness (QED) is 0.888. The first kappa shape index (κ1) is 18.9. The molecule has 142 valence electrons. The average Bonchev–Trinajstić information content (AvgIpc) is 2.80. The highest BCUT2D eigenvalue weighted by atomic mass is 16.3. The van der Waals surface area contributed by atoms with Gasteiger partial charge in [-0.1, -0.05) is 12.1 Å². The standard InChI is InChI=1S/C21H31N3O2/c1-14-7-8-15(2)18-17(14)16(3)19(22-18)20(25)24-11-6-9-21(26,10-12-24)13-23(4)5/h7-8,22,26H,6,9-13H2,1-5H3. The fourth-order valence-electron chi connectivity index (χ4n) is 4.30. The summed E-state index contributed by atoms with van der Waals surface area (Å²) in [5, 5.41) is 12.0. The van der Waals surface area contributed by atoms with Crippen molar-refractivity contribution in [1.82, 2.24) is 14.8 Å². The minimum Gasteiger partial charge on any atom is -0.388 e. The van der Waals surface area contributed by atoms with E-state index in [1.165, 1.54) is 5.56 Å². The van der Waals surface area contributed by atoms with Gasteiger partial charge >= 0.3 is 0 Å². The molecule has 1 amide bonds.